The van der Waals surface area contributed by atoms with E-state index in [1.807, 2.05) is 0 Å². The molecule has 0 rings (SSSR count). The second-order valence-electron chi connectivity index (χ2n) is 0.154. The number of hydrogen-bond donors (Lipinski definition) is 0. The first-order chi connectivity index (χ1) is 1.41. The molecule has 0 saturated heterocycles. The van der Waals surface area contributed by atoms with Crippen LogP contribution in [0.5, 0.6) is 0 Å². The Morgan fingerprint density at radius 3 is 2.00 bits per heavy atom. The Morgan fingerprint density at radius 2 is 2.00 bits per heavy atom. The van der Waals surface area contributed by atoms with E-state index < -0.39 is 0 Å². The quantitative estimate of drug-likeness (QED) is 0.387. The molecular formula is C2H5CaF. The van der Waals surface area contributed by atoms with Crippen LogP contribution in [0.1, 0.15) is 2.85 Å². The van der Waals surface area contributed by atoms with Crippen molar-refractivity contribution in [2.75, 3.05) is 0 Å². The maximum Gasteiger partial charge on any atom is 2.00 e. The van der Waals surface area contributed by atoms with E-state index in [1.54, 1.807) is 0 Å². The van der Waals surface area contributed by atoms with Crippen LogP contribution in [0.25, 0.3) is 0 Å². The van der Waals surface area contributed by atoms with Gasteiger partial charge in [0.25, 0.3) is 0 Å². The number of rotatable bonds is 0. The molecule has 0 amide bonds. The predicted molar refractivity (Wildman–Crippen MR) is 19.3 cm³/mol. The van der Waals surface area contributed by atoms with Gasteiger partial charge >= 0.3 is 37.7 Å². The average molecular weight is 88.1 g/mol. The molecule has 0 aliphatic heterocycles. The molecule has 2 heteroatoms. The van der Waals surface area contributed by atoms with Gasteiger partial charge in [0.1, 0.15) is 0 Å². The van der Waals surface area contributed by atoms with Gasteiger partial charge in [-0.15, -0.1) is 0 Å². The molecule has 0 heterocycles. The fourth-order valence-corrected chi connectivity index (χ4v) is 0. The largest absolute Gasteiger partial charge is 2.00 e. The van der Waals surface area contributed by atoms with Crippen molar-refractivity contribution in [3.8, 4) is 0 Å². The van der Waals surface area contributed by atoms with E-state index in [-0.39, 0.29) is 46.9 Å². The number of hydrogen-bond acceptors (Lipinski definition) is 0. The van der Waals surface area contributed by atoms with Crippen LogP contribution >= 0.6 is 0 Å². The Balaban J connectivity index is -0.00000000667. The molecule has 0 aromatic heterocycles. The van der Waals surface area contributed by atoms with E-state index in [2.05, 4.69) is 6.58 Å². The van der Waals surface area contributed by atoms with Gasteiger partial charge in [0.15, 0.2) is 0 Å². The summed E-state index contributed by atoms with van der Waals surface area (Å²) in [5.41, 5.74) is 0. The summed E-state index contributed by atoms with van der Waals surface area (Å²) in [6, 6.07) is 0. The summed E-state index contributed by atoms with van der Waals surface area (Å²) in [5, 5.41) is 0. The molecule has 0 atom stereocenters. The molecule has 4 heavy (non-hydrogen) atoms. The summed E-state index contributed by atoms with van der Waals surface area (Å²) < 4.78 is 10.1. The van der Waals surface area contributed by atoms with Crippen LogP contribution in [0.4, 0.5) is 4.39 Å². The molecule has 0 spiro atoms. The van der Waals surface area contributed by atoms with Crippen molar-refractivity contribution in [2.45, 2.75) is 0 Å². The standard InChI is InChI=1S/C2H3F.Ca.2H/c1-2-3;;;/h2H,1H2;;;/q;+2;2*-1. The minimum atomic E-state index is 0. The van der Waals surface area contributed by atoms with Crippen molar-refractivity contribution in [1.29, 1.82) is 0 Å². The van der Waals surface area contributed by atoms with E-state index in [4.69, 9.17) is 0 Å². The van der Waals surface area contributed by atoms with Crippen molar-refractivity contribution in [1.82, 2.24) is 0 Å². The van der Waals surface area contributed by atoms with E-state index >= 15 is 0 Å². The second kappa shape index (κ2) is 9.06. The zero-order chi connectivity index (χ0) is 2.71. The predicted octanol–water partition coefficient (Wildman–Crippen LogP) is 0.944. The first-order valence-corrected chi connectivity index (χ1v) is 0.626. The second-order valence-corrected chi connectivity index (χ2v) is 0.154. The van der Waals surface area contributed by atoms with Crippen LogP contribution in [0.2, 0.25) is 0 Å². The molecule has 0 radical (unpaired) electrons. The van der Waals surface area contributed by atoms with Crippen molar-refractivity contribution in [3.05, 3.63) is 12.9 Å². The smallest absolute Gasteiger partial charge is 1.00 e. The van der Waals surface area contributed by atoms with Gasteiger partial charge < -0.3 is 2.85 Å². The fraction of sp³-hybridized carbons (Fsp3) is 0. The van der Waals surface area contributed by atoms with E-state index in [0.717, 1.165) is 0 Å². The van der Waals surface area contributed by atoms with Gasteiger partial charge in [-0.1, -0.05) is 6.58 Å². The Labute approximate surface area is 57.7 Å². The molecule has 0 fully saturated rings. The monoisotopic (exact) mass is 88.0 g/mol. The molecule has 0 aromatic rings. The molecule has 0 aliphatic rings. The third kappa shape index (κ3) is 12.6. The first kappa shape index (κ1) is 8.87. The van der Waals surface area contributed by atoms with E-state index in [1.165, 1.54) is 0 Å². The molecule has 0 aliphatic carbocycles. The topological polar surface area (TPSA) is 0 Å². The minimum absolute atomic E-state index is 0. The van der Waals surface area contributed by atoms with E-state index in [9.17, 15) is 4.39 Å². The summed E-state index contributed by atoms with van der Waals surface area (Å²) in [6.07, 6.45) is 0.250. The van der Waals surface area contributed by atoms with Gasteiger partial charge in [-0.25, -0.2) is 4.39 Å². The van der Waals surface area contributed by atoms with Gasteiger partial charge in [0.05, 0.1) is 6.33 Å². The zero-order valence-electron chi connectivity index (χ0n) is 4.37. The van der Waals surface area contributed by atoms with Gasteiger partial charge in [-0.05, 0) is 0 Å². The van der Waals surface area contributed by atoms with Crippen molar-refractivity contribution >= 4 is 37.7 Å². The Bertz CT molecular complexity index is 19.0. The van der Waals surface area contributed by atoms with Gasteiger partial charge in [-0.3, -0.25) is 0 Å². The Morgan fingerprint density at radius 1 is 2.00 bits per heavy atom. The first-order valence-electron chi connectivity index (χ1n) is 0.626. The molecule has 22 valence electrons. The molecule has 0 nitrogen and oxygen atoms in total. The molecule has 0 N–H and O–H groups in total. The van der Waals surface area contributed by atoms with Crippen LogP contribution < -0.4 is 0 Å². The van der Waals surface area contributed by atoms with Crippen LogP contribution in [0.15, 0.2) is 12.9 Å². The Kier molecular flexibility index (Phi) is 20.1. The Hall–Kier alpha value is 0.930. The van der Waals surface area contributed by atoms with Crippen molar-refractivity contribution in [3.63, 3.8) is 0 Å². The van der Waals surface area contributed by atoms with Gasteiger partial charge in [-0.2, -0.15) is 0 Å². The zero-order valence-corrected chi connectivity index (χ0v) is 4.58. The summed E-state index contributed by atoms with van der Waals surface area (Å²) in [7, 11) is 0. The molecule has 0 aromatic carbocycles. The van der Waals surface area contributed by atoms with Crippen molar-refractivity contribution < 1.29 is 7.24 Å². The normalized spacial score (nSPS) is 3.25. The summed E-state index contributed by atoms with van der Waals surface area (Å²) >= 11 is 0. The van der Waals surface area contributed by atoms with Gasteiger partial charge in [0.2, 0.25) is 0 Å². The molecule has 0 saturated carbocycles. The minimum Gasteiger partial charge on any atom is -1.00 e. The van der Waals surface area contributed by atoms with Crippen LogP contribution in [-0.4, -0.2) is 37.7 Å². The average Bonchev–Trinajstić information content (AvgIpc) is 0.918. The summed E-state index contributed by atoms with van der Waals surface area (Å²) in [4.78, 5) is 0. The SMILES string of the molecule is C=CF.[Ca+2].[H-].[H-]. The molecule has 0 unspecified atom stereocenters. The van der Waals surface area contributed by atoms with E-state index in [0.29, 0.717) is 0 Å². The molecule has 0 bridgehead atoms. The maximum atomic E-state index is 10.1. The van der Waals surface area contributed by atoms with Crippen LogP contribution in [0, 0.1) is 0 Å². The van der Waals surface area contributed by atoms with Crippen LogP contribution in [-0.2, 0) is 0 Å². The maximum absolute atomic E-state index is 10.1. The van der Waals surface area contributed by atoms with Crippen LogP contribution in [0.3, 0.4) is 0 Å². The summed E-state index contributed by atoms with van der Waals surface area (Å²) in [6.45, 7) is 2.69. The third-order valence-corrected chi connectivity index (χ3v) is 0. The summed E-state index contributed by atoms with van der Waals surface area (Å²) in [5.74, 6) is 0. The fourth-order valence-electron chi connectivity index (χ4n) is 0. The third-order valence-electron chi connectivity index (χ3n) is 0. The number of halogens is 1. The van der Waals surface area contributed by atoms with Crippen molar-refractivity contribution in [2.24, 2.45) is 0 Å². The molecular weight excluding hydrogens is 83.1 g/mol. The van der Waals surface area contributed by atoms with Gasteiger partial charge in [0, 0.05) is 0 Å².